The van der Waals surface area contributed by atoms with Crippen LogP contribution in [0.25, 0.3) is 0 Å². The van der Waals surface area contributed by atoms with E-state index in [1.54, 1.807) is 15.3 Å². The lowest BCUT2D eigenvalue weighted by Crippen LogP contribution is -2.49. The summed E-state index contributed by atoms with van der Waals surface area (Å²) in [6.07, 6.45) is 0.720. The van der Waals surface area contributed by atoms with Crippen LogP contribution in [0.3, 0.4) is 0 Å². The van der Waals surface area contributed by atoms with Crippen molar-refractivity contribution in [3.05, 3.63) is 92.9 Å². The van der Waals surface area contributed by atoms with Crippen LogP contribution in [0.1, 0.15) is 29.7 Å². The average molecular weight is 589 g/mol. The van der Waals surface area contributed by atoms with E-state index >= 15 is 0 Å². The van der Waals surface area contributed by atoms with Crippen molar-refractivity contribution in [2.75, 3.05) is 37.6 Å². The minimum absolute atomic E-state index is 0.00387. The number of benzene rings is 3. The standard InChI is InChI=1S/C27H27BrClN3O3S/c1-19(33)32-12-11-22-17-24(28)26(18-25(22)32)36(34,35)31-15-13-30(14-16-31)27(20-5-3-2-4-6-20)21-7-9-23(29)10-8-21/h2-10,17-18,27H,11-16H2,1H3/t27-/m1/s1. The van der Waals surface area contributed by atoms with Crippen LogP contribution < -0.4 is 4.90 Å². The number of rotatable bonds is 5. The molecule has 3 aromatic carbocycles. The minimum atomic E-state index is -3.74. The maximum atomic E-state index is 13.7. The fourth-order valence-electron chi connectivity index (χ4n) is 5.15. The highest BCUT2D eigenvalue weighted by Gasteiger charge is 2.35. The predicted molar refractivity (Wildman–Crippen MR) is 146 cm³/mol. The fraction of sp³-hybridized carbons (Fsp3) is 0.296. The van der Waals surface area contributed by atoms with Crippen LogP contribution in [-0.2, 0) is 21.2 Å². The van der Waals surface area contributed by atoms with Crippen molar-refractivity contribution >= 4 is 49.1 Å². The summed E-state index contributed by atoms with van der Waals surface area (Å²) < 4.78 is 29.5. The van der Waals surface area contributed by atoms with E-state index in [1.807, 2.05) is 48.5 Å². The van der Waals surface area contributed by atoms with E-state index in [1.165, 1.54) is 6.92 Å². The van der Waals surface area contributed by atoms with Gasteiger partial charge in [-0.2, -0.15) is 4.31 Å². The van der Waals surface area contributed by atoms with E-state index < -0.39 is 10.0 Å². The normalized spacial score (nSPS) is 17.7. The number of sulfonamides is 1. The highest BCUT2D eigenvalue weighted by molar-refractivity contribution is 9.10. The largest absolute Gasteiger partial charge is 0.312 e. The second-order valence-corrected chi connectivity index (χ2v) is 12.3. The van der Waals surface area contributed by atoms with Crippen molar-refractivity contribution in [2.45, 2.75) is 24.3 Å². The predicted octanol–water partition coefficient (Wildman–Crippen LogP) is 5.11. The molecule has 36 heavy (non-hydrogen) atoms. The Morgan fingerprint density at radius 1 is 0.917 bits per heavy atom. The number of carbonyl (C=O) groups excluding carboxylic acids is 1. The molecular weight excluding hydrogens is 562 g/mol. The Labute approximate surface area is 225 Å². The molecule has 0 unspecified atom stereocenters. The lowest BCUT2D eigenvalue weighted by Gasteiger charge is -2.39. The van der Waals surface area contributed by atoms with E-state index in [4.69, 9.17) is 11.6 Å². The first kappa shape index (κ1) is 25.4. The Morgan fingerprint density at radius 2 is 1.56 bits per heavy atom. The first-order valence-electron chi connectivity index (χ1n) is 11.9. The Hall–Kier alpha value is -2.23. The highest BCUT2D eigenvalue weighted by Crippen LogP contribution is 2.37. The molecule has 1 fully saturated rings. The van der Waals surface area contributed by atoms with E-state index in [0.717, 1.165) is 23.1 Å². The zero-order valence-corrected chi connectivity index (χ0v) is 23.1. The number of amides is 1. The lowest BCUT2D eigenvalue weighted by atomic mass is 9.96. The summed E-state index contributed by atoms with van der Waals surface area (Å²) >= 11 is 9.62. The van der Waals surface area contributed by atoms with Gasteiger partial charge in [-0.15, -0.1) is 0 Å². The number of hydrogen-bond donors (Lipinski definition) is 0. The Bertz CT molecular complexity index is 1380. The molecule has 9 heteroatoms. The molecule has 5 rings (SSSR count). The van der Waals surface area contributed by atoms with Gasteiger partial charge in [0.15, 0.2) is 0 Å². The van der Waals surface area contributed by atoms with Gasteiger partial charge in [-0.1, -0.05) is 54.1 Å². The summed E-state index contributed by atoms with van der Waals surface area (Å²) in [7, 11) is -3.74. The van der Waals surface area contributed by atoms with Crippen molar-refractivity contribution in [1.82, 2.24) is 9.21 Å². The van der Waals surface area contributed by atoms with Crippen LogP contribution in [-0.4, -0.2) is 56.3 Å². The SMILES string of the molecule is CC(=O)N1CCc2cc(Br)c(S(=O)(=O)N3CCN([C@H](c4ccccc4)c4ccc(Cl)cc4)CC3)cc21. The molecule has 0 N–H and O–H groups in total. The lowest BCUT2D eigenvalue weighted by molar-refractivity contribution is -0.116. The van der Waals surface area contributed by atoms with Crippen molar-refractivity contribution in [3.63, 3.8) is 0 Å². The maximum Gasteiger partial charge on any atom is 0.244 e. The molecule has 3 aromatic rings. The second kappa shape index (κ2) is 10.3. The number of piperazine rings is 1. The van der Waals surface area contributed by atoms with Gasteiger partial charge in [0.1, 0.15) is 0 Å². The molecule has 1 saturated heterocycles. The van der Waals surface area contributed by atoms with Crippen LogP contribution in [0, 0.1) is 0 Å². The molecule has 2 aliphatic rings. The highest BCUT2D eigenvalue weighted by atomic mass is 79.9. The molecule has 0 aliphatic carbocycles. The number of fused-ring (bicyclic) bond motifs is 1. The number of anilines is 1. The summed E-state index contributed by atoms with van der Waals surface area (Å²) in [5.74, 6) is -0.0813. The van der Waals surface area contributed by atoms with Crippen LogP contribution in [0.4, 0.5) is 5.69 Å². The van der Waals surface area contributed by atoms with Gasteiger partial charge in [0.05, 0.1) is 10.9 Å². The van der Waals surface area contributed by atoms with Gasteiger partial charge in [-0.25, -0.2) is 8.42 Å². The maximum absolute atomic E-state index is 13.7. The average Bonchev–Trinajstić information content (AvgIpc) is 3.29. The van der Waals surface area contributed by atoms with Crippen molar-refractivity contribution in [3.8, 4) is 0 Å². The number of halogens is 2. The molecular formula is C27H27BrClN3O3S. The molecule has 0 saturated carbocycles. The monoisotopic (exact) mass is 587 g/mol. The molecule has 1 atom stereocenters. The first-order valence-corrected chi connectivity index (χ1v) is 14.5. The number of carbonyl (C=O) groups is 1. The summed E-state index contributed by atoms with van der Waals surface area (Å²) in [5, 5.41) is 0.685. The second-order valence-electron chi connectivity index (χ2n) is 9.14. The number of nitrogens with zero attached hydrogens (tertiary/aromatic N) is 3. The number of hydrogen-bond acceptors (Lipinski definition) is 4. The molecule has 2 aliphatic heterocycles. The molecule has 6 nitrogen and oxygen atoms in total. The topological polar surface area (TPSA) is 60.9 Å². The van der Waals surface area contributed by atoms with Crippen LogP contribution >= 0.6 is 27.5 Å². The molecule has 188 valence electrons. The van der Waals surface area contributed by atoms with Crippen LogP contribution in [0.2, 0.25) is 5.02 Å². The summed E-state index contributed by atoms with van der Waals surface area (Å²) in [6, 6.07) is 21.6. The fourth-order valence-corrected chi connectivity index (χ4v) is 7.77. The van der Waals surface area contributed by atoms with Gasteiger partial charge in [0.25, 0.3) is 0 Å². The van der Waals surface area contributed by atoms with E-state index in [0.29, 0.717) is 47.9 Å². The summed E-state index contributed by atoms with van der Waals surface area (Å²) in [6.45, 7) is 4.00. The zero-order chi connectivity index (χ0) is 25.4. The smallest absolute Gasteiger partial charge is 0.244 e. The molecule has 0 spiro atoms. The van der Waals surface area contributed by atoms with Crippen LogP contribution in [0.15, 0.2) is 76.1 Å². The van der Waals surface area contributed by atoms with Crippen molar-refractivity contribution in [2.24, 2.45) is 0 Å². The van der Waals surface area contributed by atoms with E-state index in [9.17, 15) is 13.2 Å². The van der Waals surface area contributed by atoms with Gasteiger partial charge in [0.2, 0.25) is 15.9 Å². The molecule has 1 amide bonds. The molecule has 2 heterocycles. The zero-order valence-electron chi connectivity index (χ0n) is 19.9. The van der Waals surface area contributed by atoms with E-state index in [2.05, 4.69) is 33.0 Å². The Kier molecular flexibility index (Phi) is 7.25. The third-order valence-electron chi connectivity index (χ3n) is 6.97. The third-order valence-corrected chi connectivity index (χ3v) is 10.1. The van der Waals surface area contributed by atoms with Crippen molar-refractivity contribution in [1.29, 1.82) is 0 Å². The minimum Gasteiger partial charge on any atom is -0.312 e. The molecule has 0 radical (unpaired) electrons. The van der Waals surface area contributed by atoms with Crippen LogP contribution in [0.5, 0.6) is 0 Å². The first-order chi connectivity index (χ1) is 17.3. The summed E-state index contributed by atoms with van der Waals surface area (Å²) in [5.41, 5.74) is 3.94. The van der Waals surface area contributed by atoms with Gasteiger partial charge in [-0.05, 0) is 63.3 Å². The third kappa shape index (κ3) is 4.85. The van der Waals surface area contributed by atoms with Gasteiger partial charge >= 0.3 is 0 Å². The van der Waals surface area contributed by atoms with Gasteiger partial charge in [0, 0.05) is 54.8 Å². The van der Waals surface area contributed by atoms with Crippen molar-refractivity contribution < 1.29 is 13.2 Å². The van der Waals surface area contributed by atoms with E-state index in [-0.39, 0.29) is 16.8 Å². The quantitative estimate of drug-likeness (QED) is 0.416. The van der Waals surface area contributed by atoms with Gasteiger partial charge < -0.3 is 4.90 Å². The summed E-state index contributed by atoms with van der Waals surface area (Å²) in [4.78, 5) is 16.2. The van der Waals surface area contributed by atoms with Gasteiger partial charge in [-0.3, -0.25) is 9.69 Å². The molecule has 0 bridgehead atoms. The Morgan fingerprint density at radius 3 is 2.19 bits per heavy atom. The Balaban J connectivity index is 1.39. The molecule has 0 aromatic heterocycles.